The summed E-state index contributed by atoms with van der Waals surface area (Å²) < 4.78 is 0. The summed E-state index contributed by atoms with van der Waals surface area (Å²) in [6.07, 6.45) is 4.63. The molecule has 17 heavy (non-hydrogen) atoms. The molecule has 2 amide bonds. The van der Waals surface area contributed by atoms with Gasteiger partial charge in [0.05, 0.1) is 18.2 Å². The van der Waals surface area contributed by atoms with E-state index >= 15 is 0 Å². The highest BCUT2D eigenvalue weighted by atomic mass is 16.2. The molecular formula is C11H14N4O2. The topological polar surface area (TPSA) is 86.9 Å². The highest BCUT2D eigenvalue weighted by Gasteiger charge is 2.31. The van der Waals surface area contributed by atoms with Crippen molar-refractivity contribution < 1.29 is 9.59 Å². The highest BCUT2D eigenvalue weighted by molar-refractivity contribution is 6.07. The van der Waals surface area contributed by atoms with E-state index in [1.54, 1.807) is 12.3 Å². The van der Waals surface area contributed by atoms with Gasteiger partial charge in [0.15, 0.2) is 0 Å². The number of nitrogens with zero attached hydrogens (tertiary/aromatic N) is 1. The number of piperazine rings is 1. The number of rotatable bonds is 2. The first-order valence-electron chi connectivity index (χ1n) is 5.39. The number of nitrogens with one attached hydrogen (secondary N) is 3. The van der Waals surface area contributed by atoms with Gasteiger partial charge in [0.2, 0.25) is 5.91 Å². The number of hydrogen-bond donors (Lipinski definition) is 3. The van der Waals surface area contributed by atoms with E-state index in [9.17, 15) is 9.59 Å². The maximum Gasteiger partial charge on any atom is 0.268 e. The maximum atomic E-state index is 11.8. The summed E-state index contributed by atoms with van der Waals surface area (Å²) in [5, 5.41) is 5.27. The van der Waals surface area contributed by atoms with Crippen LogP contribution in [0.15, 0.2) is 18.2 Å². The monoisotopic (exact) mass is 234 g/mol. The minimum atomic E-state index is -0.471. The van der Waals surface area contributed by atoms with Gasteiger partial charge in [-0.25, -0.2) is 4.98 Å². The minimum Gasteiger partial charge on any atom is -0.345 e. The van der Waals surface area contributed by atoms with Gasteiger partial charge in [0.25, 0.3) is 5.91 Å². The molecule has 1 aliphatic rings. The lowest BCUT2D eigenvalue weighted by Crippen LogP contribution is -2.56. The zero-order chi connectivity index (χ0) is 12.4. The zero-order valence-electron chi connectivity index (χ0n) is 9.65. The first-order chi connectivity index (χ1) is 8.08. The van der Waals surface area contributed by atoms with E-state index in [4.69, 9.17) is 0 Å². The molecule has 1 saturated heterocycles. The van der Waals surface area contributed by atoms with Crippen LogP contribution in [0.5, 0.6) is 0 Å². The van der Waals surface area contributed by atoms with Crippen LogP contribution >= 0.6 is 0 Å². The van der Waals surface area contributed by atoms with Gasteiger partial charge < -0.3 is 15.6 Å². The van der Waals surface area contributed by atoms with Crippen LogP contribution in [0.3, 0.4) is 0 Å². The Hall–Kier alpha value is -2.11. The van der Waals surface area contributed by atoms with Crippen molar-refractivity contribution in [3.05, 3.63) is 23.9 Å². The molecule has 90 valence electrons. The molecule has 0 bridgehead atoms. The van der Waals surface area contributed by atoms with Crippen molar-refractivity contribution in [1.29, 1.82) is 0 Å². The third-order valence-corrected chi connectivity index (χ3v) is 2.56. The maximum absolute atomic E-state index is 11.8. The second kappa shape index (κ2) is 4.40. The standard InChI is InChI=1S/C11H14N4O2/c1-6(2)9-11(17)14-8(10(16)15-9)3-7-4-12-5-13-7/h3-6,9H,1-2H3,(H,12,13)(H,14,17)(H,15,16)/b8-3-. The van der Waals surface area contributed by atoms with E-state index in [0.29, 0.717) is 5.69 Å². The van der Waals surface area contributed by atoms with Crippen LogP contribution in [0.2, 0.25) is 0 Å². The number of carbonyl (C=O) groups is 2. The van der Waals surface area contributed by atoms with Crippen molar-refractivity contribution in [2.75, 3.05) is 0 Å². The Morgan fingerprint density at radius 3 is 2.76 bits per heavy atom. The van der Waals surface area contributed by atoms with E-state index in [0.717, 1.165) is 0 Å². The van der Waals surface area contributed by atoms with Crippen LogP contribution in [0.1, 0.15) is 19.5 Å². The predicted octanol–water partition coefficient (Wildman–Crippen LogP) is 0.0212. The van der Waals surface area contributed by atoms with Crippen molar-refractivity contribution in [3.8, 4) is 0 Å². The summed E-state index contributed by atoms with van der Waals surface area (Å²) in [4.78, 5) is 30.1. The Morgan fingerprint density at radius 2 is 2.18 bits per heavy atom. The van der Waals surface area contributed by atoms with Crippen LogP contribution in [-0.4, -0.2) is 27.8 Å². The van der Waals surface area contributed by atoms with Gasteiger partial charge in [-0.2, -0.15) is 0 Å². The number of amides is 2. The van der Waals surface area contributed by atoms with Crippen LogP contribution in [0, 0.1) is 5.92 Å². The third kappa shape index (κ3) is 2.35. The molecule has 6 nitrogen and oxygen atoms in total. The van der Waals surface area contributed by atoms with Crippen molar-refractivity contribution in [2.24, 2.45) is 5.92 Å². The molecule has 1 aromatic heterocycles. The zero-order valence-corrected chi connectivity index (χ0v) is 9.65. The minimum absolute atomic E-state index is 0.0626. The second-order valence-corrected chi connectivity index (χ2v) is 4.25. The van der Waals surface area contributed by atoms with Gasteiger partial charge in [-0.1, -0.05) is 13.8 Å². The summed E-state index contributed by atoms with van der Waals surface area (Å²) in [6, 6.07) is -0.471. The normalized spacial score (nSPS) is 22.8. The number of aromatic amines is 1. The Bertz CT molecular complexity index is 462. The van der Waals surface area contributed by atoms with Crippen LogP contribution in [0.25, 0.3) is 6.08 Å². The molecule has 1 fully saturated rings. The van der Waals surface area contributed by atoms with Gasteiger partial charge in [0.1, 0.15) is 11.7 Å². The molecule has 0 aliphatic carbocycles. The summed E-state index contributed by atoms with van der Waals surface area (Å²) in [5.41, 5.74) is 0.898. The first kappa shape index (κ1) is 11.4. The molecule has 2 heterocycles. The predicted molar refractivity (Wildman–Crippen MR) is 61.5 cm³/mol. The largest absolute Gasteiger partial charge is 0.345 e. The Morgan fingerprint density at radius 1 is 1.41 bits per heavy atom. The summed E-state index contributed by atoms with van der Waals surface area (Å²) >= 11 is 0. The second-order valence-electron chi connectivity index (χ2n) is 4.25. The van der Waals surface area contributed by atoms with Crippen LogP contribution < -0.4 is 10.6 Å². The number of imidazole rings is 1. The average Bonchev–Trinajstić information content (AvgIpc) is 2.75. The Kier molecular flexibility index (Phi) is 2.95. The third-order valence-electron chi connectivity index (χ3n) is 2.56. The Balaban J connectivity index is 2.18. The fourth-order valence-electron chi connectivity index (χ4n) is 1.62. The molecular weight excluding hydrogens is 220 g/mol. The van der Waals surface area contributed by atoms with Gasteiger partial charge in [-0.15, -0.1) is 0 Å². The van der Waals surface area contributed by atoms with Crippen LogP contribution in [-0.2, 0) is 9.59 Å². The smallest absolute Gasteiger partial charge is 0.268 e. The lowest BCUT2D eigenvalue weighted by molar-refractivity contribution is -0.132. The summed E-state index contributed by atoms with van der Waals surface area (Å²) in [6.45, 7) is 3.77. The lowest BCUT2D eigenvalue weighted by atomic mass is 10.0. The number of hydrogen-bond acceptors (Lipinski definition) is 3. The van der Waals surface area contributed by atoms with Crippen molar-refractivity contribution in [3.63, 3.8) is 0 Å². The highest BCUT2D eigenvalue weighted by Crippen LogP contribution is 2.10. The van der Waals surface area contributed by atoms with Crippen molar-refractivity contribution in [1.82, 2.24) is 20.6 Å². The number of carbonyl (C=O) groups excluding carboxylic acids is 2. The van der Waals surface area contributed by atoms with E-state index < -0.39 is 6.04 Å². The molecule has 1 aromatic rings. The SMILES string of the molecule is CC(C)C1NC(=O)/C(=C/c2cnc[nH]2)NC1=O. The fraction of sp³-hybridized carbons (Fsp3) is 0.364. The Labute approximate surface area is 98.5 Å². The summed E-state index contributed by atoms with van der Waals surface area (Å²) in [7, 11) is 0. The number of H-pyrrole nitrogens is 1. The van der Waals surface area contributed by atoms with Gasteiger partial charge in [-0.05, 0) is 12.0 Å². The molecule has 1 atom stereocenters. The molecule has 2 rings (SSSR count). The molecule has 0 saturated carbocycles. The quantitative estimate of drug-likeness (QED) is 0.630. The average molecular weight is 234 g/mol. The lowest BCUT2D eigenvalue weighted by Gasteiger charge is -2.27. The van der Waals surface area contributed by atoms with Gasteiger partial charge in [0, 0.05) is 0 Å². The van der Waals surface area contributed by atoms with E-state index in [2.05, 4.69) is 20.6 Å². The van der Waals surface area contributed by atoms with E-state index in [1.807, 2.05) is 13.8 Å². The van der Waals surface area contributed by atoms with Gasteiger partial charge >= 0.3 is 0 Å². The molecule has 3 N–H and O–H groups in total. The van der Waals surface area contributed by atoms with Crippen molar-refractivity contribution in [2.45, 2.75) is 19.9 Å². The van der Waals surface area contributed by atoms with Crippen LogP contribution in [0.4, 0.5) is 0 Å². The van der Waals surface area contributed by atoms with E-state index in [1.165, 1.54) is 6.33 Å². The fourth-order valence-corrected chi connectivity index (χ4v) is 1.62. The molecule has 0 spiro atoms. The molecule has 6 heteroatoms. The molecule has 1 unspecified atom stereocenters. The van der Waals surface area contributed by atoms with Crippen molar-refractivity contribution >= 4 is 17.9 Å². The molecule has 0 aromatic carbocycles. The van der Waals surface area contributed by atoms with E-state index in [-0.39, 0.29) is 23.4 Å². The summed E-state index contributed by atoms with van der Waals surface area (Å²) in [5.74, 6) is -0.407. The molecule has 0 radical (unpaired) electrons. The van der Waals surface area contributed by atoms with Gasteiger partial charge in [-0.3, -0.25) is 9.59 Å². The molecule has 1 aliphatic heterocycles. The number of aromatic nitrogens is 2. The first-order valence-corrected chi connectivity index (χ1v) is 5.39.